The van der Waals surface area contributed by atoms with Crippen LogP contribution in [0.4, 0.5) is 10.5 Å². The molecule has 0 radical (unpaired) electrons. The number of nitrogens with zero attached hydrogens (tertiary/aromatic N) is 1. The van der Waals surface area contributed by atoms with Crippen LogP contribution in [0.1, 0.15) is 26.2 Å². The van der Waals surface area contributed by atoms with E-state index in [-0.39, 0.29) is 29.2 Å². The lowest BCUT2D eigenvalue weighted by molar-refractivity contribution is -0.122. The summed E-state index contributed by atoms with van der Waals surface area (Å²) < 4.78 is 22.5. The Balaban J connectivity index is 1.76. The van der Waals surface area contributed by atoms with Crippen LogP contribution >= 0.6 is 0 Å². The van der Waals surface area contributed by atoms with Crippen molar-refractivity contribution in [3.8, 4) is 0 Å². The molecule has 1 aromatic rings. The number of piperidine rings is 1. The molecule has 10 nitrogen and oxygen atoms in total. The predicted octanol–water partition coefficient (Wildman–Crippen LogP) is 0.220. The average molecular weight is 426 g/mol. The molecule has 0 unspecified atom stereocenters. The van der Waals surface area contributed by atoms with Gasteiger partial charge in [0, 0.05) is 18.2 Å². The third-order valence-corrected chi connectivity index (χ3v) is 5.49. The van der Waals surface area contributed by atoms with Gasteiger partial charge in [0.25, 0.3) is 0 Å². The molecule has 29 heavy (non-hydrogen) atoms. The summed E-state index contributed by atoms with van der Waals surface area (Å²) in [5.74, 6) is -0.743. The predicted molar refractivity (Wildman–Crippen MR) is 107 cm³/mol. The number of carbonyl (C=O) groups is 3. The number of benzene rings is 1. The Morgan fingerprint density at radius 1 is 1.14 bits per heavy atom. The van der Waals surface area contributed by atoms with Crippen molar-refractivity contribution in [1.29, 1.82) is 0 Å². The maximum absolute atomic E-state index is 12.4. The SMILES string of the molecule is CCCNC(=O)NC(=O)CN1CCC(C(=O)Nc2ccc(S(N)(=O)=O)cc2)CC1. The molecule has 0 spiro atoms. The number of likely N-dealkylation sites (tertiary alicyclic amines) is 1. The second-order valence-electron chi connectivity index (χ2n) is 6.91. The summed E-state index contributed by atoms with van der Waals surface area (Å²) in [5, 5.41) is 12.7. The summed E-state index contributed by atoms with van der Waals surface area (Å²) >= 11 is 0. The minimum Gasteiger partial charge on any atom is -0.338 e. The van der Waals surface area contributed by atoms with Gasteiger partial charge < -0.3 is 10.6 Å². The number of hydrogen-bond donors (Lipinski definition) is 4. The number of sulfonamides is 1. The molecule has 0 aromatic heterocycles. The normalized spacial score (nSPS) is 15.5. The number of anilines is 1. The lowest BCUT2D eigenvalue weighted by Crippen LogP contribution is -2.47. The summed E-state index contributed by atoms with van der Waals surface area (Å²) in [4.78, 5) is 37.7. The second-order valence-corrected chi connectivity index (χ2v) is 8.47. The van der Waals surface area contributed by atoms with Gasteiger partial charge in [-0.05, 0) is 56.6 Å². The van der Waals surface area contributed by atoms with Crippen molar-refractivity contribution in [2.24, 2.45) is 11.1 Å². The third kappa shape index (κ3) is 7.44. The Morgan fingerprint density at radius 2 is 1.76 bits per heavy atom. The quantitative estimate of drug-likeness (QED) is 0.491. The number of nitrogens with one attached hydrogen (secondary N) is 3. The first-order valence-corrected chi connectivity index (χ1v) is 11.0. The highest BCUT2D eigenvalue weighted by Gasteiger charge is 2.26. The Kier molecular flexibility index (Phi) is 8.11. The van der Waals surface area contributed by atoms with Gasteiger partial charge in [0.15, 0.2) is 0 Å². The van der Waals surface area contributed by atoms with Crippen molar-refractivity contribution in [3.05, 3.63) is 24.3 Å². The molecule has 1 aliphatic rings. The van der Waals surface area contributed by atoms with Gasteiger partial charge in [0.1, 0.15) is 0 Å². The third-order valence-electron chi connectivity index (χ3n) is 4.56. The number of primary sulfonamides is 1. The lowest BCUT2D eigenvalue weighted by Gasteiger charge is -2.30. The molecule has 0 aliphatic carbocycles. The summed E-state index contributed by atoms with van der Waals surface area (Å²) in [6.07, 6.45) is 1.94. The smallest absolute Gasteiger partial charge is 0.321 e. The van der Waals surface area contributed by atoms with E-state index in [1.165, 1.54) is 24.3 Å². The minimum atomic E-state index is -3.77. The Morgan fingerprint density at radius 3 is 2.31 bits per heavy atom. The van der Waals surface area contributed by atoms with E-state index in [0.717, 1.165) is 6.42 Å². The number of rotatable bonds is 7. The molecule has 0 bridgehead atoms. The van der Waals surface area contributed by atoms with E-state index in [9.17, 15) is 22.8 Å². The fraction of sp³-hybridized carbons (Fsp3) is 0.500. The molecular formula is C18H27N5O5S. The minimum absolute atomic E-state index is 0.0227. The Hall–Kier alpha value is -2.50. The molecule has 2 rings (SSSR count). The van der Waals surface area contributed by atoms with Crippen LogP contribution in [0.2, 0.25) is 0 Å². The van der Waals surface area contributed by atoms with Crippen molar-refractivity contribution < 1.29 is 22.8 Å². The molecule has 0 atom stereocenters. The maximum atomic E-state index is 12.4. The fourth-order valence-electron chi connectivity index (χ4n) is 2.98. The van der Waals surface area contributed by atoms with Gasteiger partial charge >= 0.3 is 6.03 Å². The Labute approximate surface area is 170 Å². The zero-order chi connectivity index (χ0) is 21.4. The van der Waals surface area contributed by atoms with E-state index in [1.807, 2.05) is 11.8 Å². The van der Waals surface area contributed by atoms with E-state index in [2.05, 4.69) is 16.0 Å². The molecule has 1 heterocycles. The second kappa shape index (κ2) is 10.3. The number of hydrogen-bond acceptors (Lipinski definition) is 6. The monoisotopic (exact) mass is 425 g/mol. The number of urea groups is 1. The molecule has 160 valence electrons. The van der Waals surface area contributed by atoms with E-state index < -0.39 is 16.1 Å². The van der Waals surface area contributed by atoms with Crippen LogP contribution in [0.5, 0.6) is 0 Å². The van der Waals surface area contributed by atoms with Gasteiger partial charge in [-0.15, -0.1) is 0 Å². The first-order chi connectivity index (χ1) is 13.7. The molecule has 1 saturated heterocycles. The average Bonchev–Trinajstić information content (AvgIpc) is 2.66. The van der Waals surface area contributed by atoms with E-state index in [0.29, 0.717) is 38.2 Å². The van der Waals surface area contributed by atoms with Gasteiger partial charge in [-0.25, -0.2) is 18.4 Å². The van der Waals surface area contributed by atoms with Crippen LogP contribution in [0.25, 0.3) is 0 Å². The zero-order valence-electron chi connectivity index (χ0n) is 16.3. The summed E-state index contributed by atoms with van der Waals surface area (Å²) in [6.45, 7) is 3.65. The summed E-state index contributed by atoms with van der Waals surface area (Å²) in [6, 6.07) is 5.15. The summed E-state index contributed by atoms with van der Waals surface area (Å²) in [7, 11) is -3.77. The van der Waals surface area contributed by atoms with Gasteiger partial charge in [0.2, 0.25) is 21.8 Å². The maximum Gasteiger partial charge on any atom is 0.321 e. The number of carbonyl (C=O) groups excluding carboxylic acids is 3. The van der Waals surface area contributed by atoms with Crippen molar-refractivity contribution in [1.82, 2.24) is 15.5 Å². The number of nitrogens with two attached hydrogens (primary N) is 1. The van der Waals surface area contributed by atoms with Crippen LogP contribution in [-0.2, 0) is 19.6 Å². The number of imide groups is 1. The highest BCUT2D eigenvalue weighted by molar-refractivity contribution is 7.89. The van der Waals surface area contributed by atoms with Crippen molar-refractivity contribution in [2.45, 2.75) is 31.1 Å². The topological polar surface area (TPSA) is 151 Å². The molecule has 11 heteroatoms. The lowest BCUT2D eigenvalue weighted by atomic mass is 9.96. The van der Waals surface area contributed by atoms with Gasteiger partial charge in [0.05, 0.1) is 11.4 Å². The van der Waals surface area contributed by atoms with E-state index in [4.69, 9.17) is 5.14 Å². The number of amides is 4. The standard InChI is InChI=1S/C18H27N5O5S/c1-2-9-20-18(26)22-16(24)12-23-10-7-13(8-11-23)17(25)21-14-3-5-15(6-4-14)29(19,27)28/h3-6,13H,2,7-12H2,1H3,(H,21,25)(H2,19,27,28)(H2,20,22,24,26). The first-order valence-electron chi connectivity index (χ1n) is 9.42. The van der Waals surface area contributed by atoms with Crippen LogP contribution in [0.15, 0.2) is 29.2 Å². The van der Waals surface area contributed by atoms with Crippen LogP contribution < -0.4 is 21.1 Å². The fourth-order valence-corrected chi connectivity index (χ4v) is 3.49. The van der Waals surface area contributed by atoms with Gasteiger partial charge in [-0.2, -0.15) is 0 Å². The van der Waals surface area contributed by atoms with Crippen molar-refractivity contribution >= 4 is 33.6 Å². The molecule has 1 aliphatic heterocycles. The highest BCUT2D eigenvalue weighted by Crippen LogP contribution is 2.20. The van der Waals surface area contributed by atoms with Gasteiger partial charge in [-0.1, -0.05) is 6.92 Å². The molecule has 1 aromatic carbocycles. The van der Waals surface area contributed by atoms with Gasteiger partial charge in [-0.3, -0.25) is 19.8 Å². The molecule has 5 N–H and O–H groups in total. The first kappa shape index (κ1) is 22.8. The Bertz CT molecular complexity index is 833. The molecular weight excluding hydrogens is 398 g/mol. The van der Waals surface area contributed by atoms with E-state index in [1.54, 1.807) is 0 Å². The van der Waals surface area contributed by atoms with Crippen LogP contribution in [0, 0.1) is 5.92 Å². The highest BCUT2D eigenvalue weighted by atomic mass is 32.2. The van der Waals surface area contributed by atoms with Crippen LogP contribution in [0.3, 0.4) is 0 Å². The summed E-state index contributed by atoms with van der Waals surface area (Å²) in [5.41, 5.74) is 0.488. The van der Waals surface area contributed by atoms with Crippen molar-refractivity contribution in [3.63, 3.8) is 0 Å². The van der Waals surface area contributed by atoms with Crippen molar-refractivity contribution in [2.75, 3.05) is 31.5 Å². The van der Waals surface area contributed by atoms with Crippen LogP contribution in [-0.4, -0.2) is 57.3 Å². The largest absolute Gasteiger partial charge is 0.338 e. The zero-order valence-corrected chi connectivity index (χ0v) is 17.1. The molecule has 0 saturated carbocycles. The molecule has 4 amide bonds. The molecule has 1 fully saturated rings. The van der Waals surface area contributed by atoms with E-state index >= 15 is 0 Å².